The summed E-state index contributed by atoms with van der Waals surface area (Å²) < 4.78 is 4.71. The molecule has 13 heteroatoms. The van der Waals surface area contributed by atoms with E-state index in [1.807, 2.05) is 0 Å². The number of carbonyl (C=O) groups excluding carboxylic acids is 2. The topological polar surface area (TPSA) is 185 Å². The molecule has 13 nitrogen and oxygen atoms in total. The van der Waals surface area contributed by atoms with Crippen LogP contribution < -0.4 is 10.1 Å². The van der Waals surface area contributed by atoms with E-state index in [0.29, 0.717) is 12.1 Å². The van der Waals surface area contributed by atoms with Crippen LogP contribution in [0.3, 0.4) is 0 Å². The van der Waals surface area contributed by atoms with Crippen molar-refractivity contribution in [2.45, 2.75) is 18.9 Å². The Morgan fingerprint density at radius 1 is 1.08 bits per heavy atom. The number of non-ortho nitro benzene ring substituents is 1. The van der Waals surface area contributed by atoms with Gasteiger partial charge in [-0.05, 0) is 6.42 Å². The smallest absolute Gasteiger partial charge is 0.334 e. The molecule has 1 aliphatic rings. The van der Waals surface area contributed by atoms with Gasteiger partial charge in [0.05, 0.1) is 26.9 Å². The summed E-state index contributed by atoms with van der Waals surface area (Å²) in [5.41, 5.74) is -3.11. The van der Waals surface area contributed by atoms with E-state index >= 15 is 0 Å². The summed E-state index contributed by atoms with van der Waals surface area (Å²) in [4.78, 5) is 52.4. The molecule has 1 atom stereocenters. The third-order valence-electron chi connectivity index (χ3n) is 3.12. The molecular weight excluding hydrogens is 332 g/mol. The average Bonchev–Trinajstić information content (AvgIpc) is 2.93. The number of rotatable bonds is 5. The predicted octanol–water partition coefficient (Wildman–Crippen LogP) is 0.595. The first-order valence-corrected chi connectivity index (χ1v) is 6.33. The highest BCUT2D eigenvalue weighted by Gasteiger charge is 2.36. The number of nitrogens with zero attached hydrogens (tertiary/aromatic N) is 3. The number of ether oxygens (including phenoxy) is 1. The van der Waals surface area contributed by atoms with Crippen LogP contribution in [0, 0.1) is 30.3 Å². The van der Waals surface area contributed by atoms with Gasteiger partial charge in [-0.25, -0.2) is 4.79 Å². The van der Waals surface area contributed by atoms with Gasteiger partial charge in [0.2, 0.25) is 5.91 Å². The van der Waals surface area contributed by atoms with Gasteiger partial charge in [0.1, 0.15) is 6.04 Å². The van der Waals surface area contributed by atoms with Crippen LogP contribution in [0.15, 0.2) is 12.1 Å². The number of nitro groups is 3. The SMILES string of the molecule is O=C1CC[C@@H](C(=O)Oc2c([N+](=O)[O-])cc([N+](=O)[O-])cc2[N+](=O)[O-])N1. The minimum absolute atomic E-state index is 0.0320. The van der Waals surface area contributed by atoms with E-state index in [-0.39, 0.29) is 12.8 Å². The number of hydrogen-bond acceptors (Lipinski definition) is 9. The first kappa shape index (κ1) is 16.7. The third-order valence-corrected chi connectivity index (χ3v) is 3.12. The Hall–Kier alpha value is -3.64. The van der Waals surface area contributed by atoms with Gasteiger partial charge in [-0.1, -0.05) is 0 Å². The van der Waals surface area contributed by atoms with E-state index in [2.05, 4.69) is 5.32 Å². The molecule has 1 fully saturated rings. The Bertz CT molecular complexity index is 740. The number of carbonyl (C=O) groups is 2. The molecular formula is C11H8N4O9. The molecule has 24 heavy (non-hydrogen) atoms. The summed E-state index contributed by atoms with van der Waals surface area (Å²) >= 11 is 0. The molecule has 0 aromatic heterocycles. The van der Waals surface area contributed by atoms with Crippen molar-refractivity contribution in [2.24, 2.45) is 0 Å². The minimum Gasteiger partial charge on any atom is -0.410 e. The summed E-state index contributed by atoms with van der Waals surface area (Å²) in [6.07, 6.45) is 0.0937. The van der Waals surface area contributed by atoms with Crippen LogP contribution in [0.1, 0.15) is 12.8 Å². The normalized spacial score (nSPS) is 16.3. The maximum Gasteiger partial charge on any atom is 0.334 e. The van der Waals surface area contributed by atoms with Crippen LogP contribution in [0.25, 0.3) is 0 Å². The van der Waals surface area contributed by atoms with Crippen LogP contribution in [-0.2, 0) is 9.59 Å². The molecule has 1 N–H and O–H groups in total. The number of hydrogen-bond donors (Lipinski definition) is 1. The maximum absolute atomic E-state index is 11.9. The Morgan fingerprint density at radius 3 is 2.00 bits per heavy atom. The van der Waals surface area contributed by atoms with E-state index in [1.165, 1.54) is 0 Å². The number of amides is 1. The molecule has 0 unspecified atom stereocenters. The van der Waals surface area contributed by atoms with Crippen molar-refractivity contribution >= 4 is 28.9 Å². The van der Waals surface area contributed by atoms with Gasteiger partial charge in [-0.2, -0.15) is 0 Å². The number of nitrogens with one attached hydrogen (secondary N) is 1. The van der Waals surface area contributed by atoms with E-state index in [4.69, 9.17) is 4.74 Å². The lowest BCUT2D eigenvalue weighted by Crippen LogP contribution is -2.36. The fraction of sp³-hybridized carbons (Fsp3) is 0.273. The number of esters is 1. The lowest BCUT2D eigenvalue weighted by Gasteiger charge is -2.10. The van der Waals surface area contributed by atoms with Crippen molar-refractivity contribution in [3.8, 4) is 5.75 Å². The first-order chi connectivity index (χ1) is 11.2. The van der Waals surface area contributed by atoms with Gasteiger partial charge in [0.25, 0.3) is 11.4 Å². The lowest BCUT2D eigenvalue weighted by atomic mass is 10.2. The van der Waals surface area contributed by atoms with Crippen molar-refractivity contribution in [3.05, 3.63) is 42.5 Å². The molecule has 1 aromatic rings. The van der Waals surface area contributed by atoms with Gasteiger partial charge >= 0.3 is 17.3 Å². The molecule has 1 aliphatic heterocycles. The van der Waals surface area contributed by atoms with Crippen LogP contribution in [0.2, 0.25) is 0 Å². The Kier molecular flexibility index (Phi) is 4.34. The van der Waals surface area contributed by atoms with Gasteiger partial charge in [-0.3, -0.25) is 35.1 Å². The number of nitro benzene ring substituents is 3. The molecule has 0 bridgehead atoms. The second-order valence-electron chi connectivity index (χ2n) is 4.66. The summed E-state index contributed by atoms with van der Waals surface area (Å²) in [5.74, 6) is -2.60. The highest BCUT2D eigenvalue weighted by atomic mass is 16.6. The molecule has 1 amide bonds. The van der Waals surface area contributed by atoms with Crippen molar-refractivity contribution in [2.75, 3.05) is 0 Å². The molecule has 1 heterocycles. The second kappa shape index (κ2) is 6.23. The summed E-state index contributed by atoms with van der Waals surface area (Å²) in [6, 6.07) is -0.210. The van der Waals surface area contributed by atoms with Crippen LogP contribution >= 0.6 is 0 Å². The Morgan fingerprint density at radius 2 is 1.62 bits per heavy atom. The third kappa shape index (κ3) is 3.23. The zero-order valence-electron chi connectivity index (χ0n) is 11.7. The van der Waals surface area contributed by atoms with Crippen molar-refractivity contribution in [3.63, 3.8) is 0 Å². The van der Waals surface area contributed by atoms with Crippen LogP contribution in [-0.4, -0.2) is 32.7 Å². The average molecular weight is 340 g/mol. The second-order valence-corrected chi connectivity index (χ2v) is 4.66. The monoisotopic (exact) mass is 340 g/mol. The summed E-state index contributed by atoms with van der Waals surface area (Å²) in [6.45, 7) is 0. The molecule has 0 aliphatic carbocycles. The standard InChI is InChI=1S/C11H8N4O9/c16-9-2-1-6(12-9)11(17)24-10-7(14(20)21)3-5(13(18)19)4-8(10)15(22)23/h3-4,6H,1-2H2,(H,12,16)/t6-/m0/s1. The fourth-order valence-corrected chi connectivity index (χ4v) is 2.03. The van der Waals surface area contributed by atoms with Gasteiger partial charge in [-0.15, -0.1) is 0 Å². The maximum atomic E-state index is 11.9. The molecule has 126 valence electrons. The molecule has 2 rings (SSSR count). The van der Waals surface area contributed by atoms with Gasteiger partial charge in [0.15, 0.2) is 0 Å². The van der Waals surface area contributed by atoms with Gasteiger partial charge < -0.3 is 10.1 Å². The van der Waals surface area contributed by atoms with E-state index in [1.54, 1.807) is 0 Å². The van der Waals surface area contributed by atoms with Gasteiger partial charge in [0, 0.05) is 6.42 Å². The van der Waals surface area contributed by atoms with E-state index in [0.717, 1.165) is 0 Å². The van der Waals surface area contributed by atoms with Crippen molar-refractivity contribution < 1.29 is 29.1 Å². The Labute approximate surface area is 131 Å². The van der Waals surface area contributed by atoms with Crippen LogP contribution in [0.4, 0.5) is 17.1 Å². The summed E-state index contributed by atoms with van der Waals surface area (Å²) in [5, 5.41) is 35.0. The highest BCUT2D eigenvalue weighted by molar-refractivity contribution is 5.90. The summed E-state index contributed by atoms with van der Waals surface area (Å²) in [7, 11) is 0. The molecule has 1 saturated heterocycles. The van der Waals surface area contributed by atoms with E-state index in [9.17, 15) is 39.9 Å². The zero-order chi connectivity index (χ0) is 18.0. The predicted molar refractivity (Wildman–Crippen MR) is 73.2 cm³/mol. The molecule has 1 aromatic carbocycles. The van der Waals surface area contributed by atoms with Crippen molar-refractivity contribution in [1.29, 1.82) is 0 Å². The molecule has 0 radical (unpaired) electrons. The number of benzene rings is 1. The van der Waals surface area contributed by atoms with Crippen molar-refractivity contribution in [1.82, 2.24) is 5.32 Å². The Balaban J connectivity index is 2.48. The van der Waals surface area contributed by atoms with E-state index < -0.39 is 55.5 Å². The largest absolute Gasteiger partial charge is 0.410 e. The quantitative estimate of drug-likeness (QED) is 0.346. The minimum atomic E-state index is -1.14. The molecule has 0 saturated carbocycles. The fourth-order valence-electron chi connectivity index (χ4n) is 2.03. The van der Waals surface area contributed by atoms with Crippen LogP contribution in [0.5, 0.6) is 5.75 Å². The molecule has 0 spiro atoms. The highest BCUT2D eigenvalue weighted by Crippen LogP contribution is 2.40. The zero-order valence-corrected chi connectivity index (χ0v) is 11.7. The first-order valence-electron chi connectivity index (χ1n) is 6.33. The lowest BCUT2D eigenvalue weighted by molar-refractivity contribution is -0.404.